The second kappa shape index (κ2) is 9.72. The van der Waals surface area contributed by atoms with E-state index in [0.29, 0.717) is 19.0 Å². The summed E-state index contributed by atoms with van der Waals surface area (Å²) in [5.74, 6) is 0.635. The van der Waals surface area contributed by atoms with Crippen LogP contribution in [-0.4, -0.2) is 29.3 Å². The summed E-state index contributed by atoms with van der Waals surface area (Å²) in [7, 11) is 0. The zero-order valence-electron chi connectivity index (χ0n) is 16.4. The predicted molar refractivity (Wildman–Crippen MR) is 108 cm³/mol. The molecule has 3 rings (SSSR count). The van der Waals surface area contributed by atoms with Gasteiger partial charge in [-0.2, -0.15) is 0 Å². The highest BCUT2D eigenvalue weighted by Crippen LogP contribution is 2.42. The van der Waals surface area contributed by atoms with E-state index in [1.165, 1.54) is 19.3 Å². The number of likely N-dealkylation sites (tertiary alicyclic amines) is 1. The summed E-state index contributed by atoms with van der Waals surface area (Å²) >= 11 is 0. The SMILES string of the molecule is CCCCC/C=C\C1CC1C(=O)N1CCCC1C(=O)NCc1ccccc1. The molecule has 4 nitrogen and oxygen atoms in total. The van der Waals surface area contributed by atoms with Crippen molar-refractivity contribution >= 4 is 11.8 Å². The van der Waals surface area contributed by atoms with Crippen molar-refractivity contribution in [2.24, 2.45) is 11.8 Å². The fraction of sp³-hybridized carbons (Fsp3) is 0.565. The Morgan fingerprint density at radius 1 is 1.22 bits per heavy atom. The largest absolute Gasteiger partial charge is 0.350 e. The molecular formula is C23H32N2O2. The maximum absolute atomic E-state index is 12.9. The van der Waals surface area contributed by atoms with Crippen LogP contribution in [0.1, 0.15) is 57.4 Å². The van der Waals surface area contributed by atoms with Gasteiger partial charge in [0.25, 0.3) is 0 Å². The smallest absolute Gasteiger partial charge is 0.243 e. The van der Waals surface area contributed by atoms with E-state index in [2.05, 4.69) is 24.4 Å². The first-order valence-electron chi connectivity index (χ1n) is 10.5. The van der Waals surface area contributed by atoms with Crippen LogP contribution in [0.5, 0.6) is 0 Å². The van der Waals surface area contributed by atoms with Crippen molar-refractivity contribution in [2.45, 2.75) is 64.5 Å². The zero-order chi connectivity index (χ0) is 19.1. The lowest BCUT2D eigenvalue weighted by Crippen LogP contribution is -2.46. The minimum Gasteiger partial charge on any atom is -0.350 e. The molecule has 146 valence electrons. The molecular weight excluding hydrogens is 336 g/mol. The highest BCUT2D eigenvalue weighted by Gasteiger charge is 2.46. The number of hydrogen-bond donors (Lipinski definition) is 1. The quantitative estimate of drug-likeness (QED) is 0.528. The number of rotatable bonds is 9. The van der Waals surface area contributed by atoms with E-state index in [1.807, 2.05) is 35.2 Å². The predicted octanol–water partition coefficient (Wildman–Crippen LogP) is 4.07. The number of hydrogen-bond acceptors (Lipinski definition) is 2. The van der Waals surface area contributed by atoms with Crippen LogP contribution < -0.4 is 5.32 Å². The molecule has 1 aliphatic carbocycles. The summed E-state index contributed by atoms with van der Waals surface area (Å²) in [6.45, 7) is 3.44. The molecule has 3 atom stereocenters. The molecule has 2 aliphatic rings. The molecule has 2 amide bonds. The summed E-state index contributed by atoms with van der Waals surface area (Å²) in [5, 5.41) is 3.00. The summed E-state index contributed by atoms with van der Waals surface area (Å²) in [5.41, 5.74) is 1.08. The van der Waals surface area contributed by atoms with Crippen molar-refractivity contribution in [3.63, 3.8) is 0 Å². The van der Waals surface area contributed by atoms with Gasteiger partial charge in [-0.25, -0.2) is 0 Å². The number of nitrogens with zero attached hydrogens (tertiary/aromatic N) is 1. The van der Waals surface area contributed by atoms with Crippen LogP contribution in [0, 0.1) is 11.8 Å². The van der Waals surface area contributed by atoms with Crippen LogP contribution in [0.25, 0.3) is 0 Å². The third-order valence-corrected chi connectivity index (χ3v) is 5.66. The molecule has 1 saturated heterocycles. The molecule has 1 aromatic rings. The van der Waals surface area contributed by atoms with E-state index in [0.717, 1.165) is 31.2 Å². The third kappa shape index (κ3) is 5.44. The van der Waals surface area contributed by atoms with Crippen LogP contribution in [-0.2, 0) is 16.1 Å². The van der Waals surface area contributed by atoms with E-state index in [1.54, 1.807) is 0 Å². The first-order chi connectivity index (χ1) is 13.2. The highest BCUT2D eigenvalue weighted by molar-refractivity contribution is 5.90. The molecule has 1 aromatic carbocycles. The van der Waals surface area contributed by atoms with Crippen LogP contribution in [0.4, 0.5) is 0 Å². The maximum atomic E-state index is 12.9. The number of unbranched alkanes of at least 4 members (excludes halogenated alkanes) is 3. The van der Waals surface area contributed by atoms with Crippen molar-refractivity contribution in [1.82, 2.24) is 10.2 Å². The number of nitrogens with one attached hydrogen (secondary N) is 1. The van der Waals surface area contributed by atoms with Crippen molar-refractivity contribution in [3.8, 4) is 0 Å². The molecule has 0 radical (unpaired) electrons. The fourth-order valence-corrected chi connectivity index (χ4v) is 3.91. The summed E-state index contributed by atoms with van der Waals surface area (Å²) < 4.78 is 0. The number of benzene rings is 1. The van der Waals surface area contributed by atoms with Crippen molar-refractivity contribution < 1.29 is 9.59 Å². The van der Waals surface area contributed by atoms with E-state index >= 15 is 0 Å². The monoisotopic (exact) mass is 368 g/mol. The first-order valence-corrected chi connectivity index (χ1v) is 10.5. The Bertz CT molecular complexity index is 656. The van der Waals surface area contributed by atoms with Crippen LogP contribution in [0.2, 0.25) is 0 Å². The topological polar surface area (TPSA) is 49.4 Å². The Hall–Kier alpha value is -2.10. The Balaban J connectivity index is 1.46. The minimum absolute atomic E-state index is 0.0167. The lowest BCUT2D eigenvalue weighted by Gasteiger charge is -2.24. The van der Waals surface area contributed by atoms with Gasteiger partial charge in [0.15, 0.2) is 0 Å². The maximum Gasteiger partial charge on any atom is 0.243 e. The lowest BCUT2D eigenvalue weighted by molar-refractivity contribution is -0.139. The van der Waals surface area contributed by atoms with Crippen molar-refractivity contribution in [3.05, 3.63) is 48.0 Å². The molecule has 0 bridgehead atoms. The number of carbonyl (C=O) groups is 2. The van der Waals surface area contributed by atoms with Crippen LogP contribution in [0.3, 0.4) is 0 Å². The molecule has 1 N–H and O–H groups in total. The molecule has 1 heterocycles. The average molecular weight is 369 g/mol. The van der Waals surface area contributed by atoms with E-state index < -0.39 is 0 Å². The third-order valence-electron chi connectivity index (χ3n) is 5.66. The Morgan fingerprint density at radius 3 is 2.81 bits per heavy atom. The first kappa shape index (κ1) is 19.7. The Labute approximate surface area is 163 Å². The molecule has 4 heteroatoms. The fourth-order valence-electron chi connectivity index (χ4n) is 3.91. The van der Waals surface area contributed by atoms with Gasteiger partial charge in [0.05, 0.1) is 0 Å². The van der Waals surface area contributed by atoms with Gasteiger partial charge in [-0.3, -0.25) is 9.59 Å². The second-order valence-corrected chi connectivity index (χ2v) is 7.82. The molecule has 0 aromatic heterocycles. The summed E-state index contributed by atoms with van der Waals surface area (Å²) in [4.78, 5) is 27.3. The molecule has 1 saturated carbocycles. The average Bonchev–Trinajstić information content (AvgIpc) is 3.30. The number of allylic oxidation sites excluding steroid dienone is 2. The van der Waals surface area contributed by atoms with Gasteiger partial charge >= 0.3 is 0 Å². The van der Waals surface area contributed by atoms with Gasteiger partial charge in [0.1, 0.15) is 6.04 Å². The summed E-state index contributed by atoms with van der Waals surface area (Å²) in [6.07, 6.45) is 11.9. The van der Waals surface area contributed by atoms with E-state index in [-0.39, 0.29) is 23.8 Å². The van der Waals surface area contributed by atoms with Gasteiger partial charge in [0, 0.05) is 19.0 Å². The van der Waals surface area contributed by atoms with Crippen molar-refractivity contribution in [1.29, 1.82) is 0 Å². The van der Waals surface area contributed by atoms with Gasteiger partial charge in [-0.1, -0.05) is 62.2 Å². The van der Waals surface area contributed by atoms with E-state index in [9.17, 15) is 9.59 Å². The van der Waals surface area contributed by atoms with Gasteiger partial charge < -0.3 is 10.2 Å². The Morgan fingerprint density at radius 2 is 2.04 bits per heavy atom. The van der Waals surface area contributed by atoms with Crippen LogP contribution in [0.15, 0.2) is 42.5 Å². The zero-order valence-corrected chi connectivity index (χ0v) is 16.4. The molecule has 3 unspecified atom stereocenters. The van der Waals surface area contributed by atoms with Gasteiger partial charge in [-0.05, 0) is 43.6 Å². The van der Waals surface area contributed by atoms with Gasteiger partial charge in [-0.15, -0.1) is 0 Å². The minimum atomic E-state index is -0.295. The number of carbonyl (C=O) groups excluding carboxylic acids is 2. The normalized spacial score (nSPS) is 24.3. The highest BCUT2D eigenvalue weighted by atomic mass is 16.2. The standard InChI is InChI=1S/C23H32N2O2/c1-2-3-4-5-9-13-19-16-20(19)23(27)25-15-10-14-21(25)22(26)24-17-18-11-7-6-8-12-18/h6-9,11-13,19-21H,2-5,10,14-17H2,1H3,(H,24,26)/b13-9-. The Kier molecular flexibility index (Phi) is 7.08. The molecule has 27 heavy (non-hydrogen) atoms. The van der Waals surface area contributed by atoms with Crippen LogP contribution >= 0.6 is 0 Å². The lowest BCUT2D eigenvalue weighted by atomic mass is 10.1. The molecule has 1 aliphatic heterocycles. The second-order valence-electron chi connectivity index (χ2n) is 7.82. The van der Waals surface area contributed by atoms with E-state index in [4.69, 9.17) is 0 Å². The van der Waals surface area contributed by atoms with Crippen molar-refractivity contribution in [2.75, 3.05) is 6.54 Å². The number of amides is 2. The van der Waals surface area contributed by atoms with Gasteiger partial charge in [0.2, 0.25) is 11.8 Å². The summed E-state index contributed by atoms with van der Waals surface area (Å²) in [6, 6.07) is 9.61. The molecule has 2 fully saturated rings. The molecule has 0 spiro atoms.